The summed E-state index contributed by atoms with van der Waals surface area (Å²) >= 11 is 1.36. The summed E-state index contributed by atoms with van der Waals surface area (Å²) in [6, 6.07) is 10.5. The van der Waals surface area contributed by atoms with Gasteiger partial charge in [-0.15, -0.1) is 11.3 Å². The minimum absolute atomic E-state index is 0.230. The molecule has 1 aromatic heterocycles. The maximum atomic E-state index is 12.6. The quantitative estimate of drug-likeness (QED) is 0.492. The first-order valence-corrected chi connectivity index (χ1v) is 10.7. The van der Waals surface area contributed by atoms with Crippen LogP contribution < -0.4 is 29.6 Å². The molecule has 0 spiro atoms. The highest BCUT2D eigenvalue weighted by molar-refractivity contribution is 7.16. The Kier molecular flexibility index (Phi) is 7.73. The molecule has 0 aliphatic heterocycles. The van der Waals surface area contributed by atoms with Crippen LogP contribution in [0.5, 0.6) is 23.0 Å². The largest absolute Gasteiger partial charge is 0.497 e. The van der Waals surface area contributed by atoms with Crippen LogP contribution in [0.1, 0.15) is 15.2 Å². The van der Waals surface area contributed by atoms with E-state index in [-0.39, 0.29) is 12.1 Å². The van der Waals surface area contributed by atoms with Crippen LogP contribution in [0.25, 0.3) is 11.3 Å². The van der Waals surface area contributed by atoms with Gasteiger partial charge in [0.05, 0.1) is 40.7 Å². The molecule has 33 heavy (non-hydrogen) atoms. The molecule has 0 aliphatic rings. The predicted molar refractivity (Wildman–Crippen MR) is 126 cm³/mol. The van der Waals surface area contributed by atoms with Crippen molar-refractivity contribution in [2.24, 2.45) is 0 Å². The van der Waals surface area contributed by atoms with E-state index in [0.717, 1.165) is 21.9 Å². The van der Waals surface area contributed by atoms with Crippen molar-refractivity contribution >= 4 is 28.3 Å². The van der Waals surface area contributed by atoms with Gasteiger partial charge in [-0.05, 0) is 43.3 Å². The molecule has 2 aromatic carbocycles. The molecular weight excluding hydrogens is 446 g/mol. The fourth-order valence-corrected chi connectivity index (χ4v) is 3.96. The first-order chi connectivity index (χ1) is 15.9. The van der Waals surface area contributed by atoms with Crippen molar-refractivity contribution in [2.75, 3.05) is 40.3 Å². The second kappa shape index (κ2) is 10.7. The Labute approximate surface area is 195 Å². The van der Waals surface area contributed by atoms with Crippen LogP contribution in [0.4, 0.5) is 5.13 Å². The van der Waals surface area contributed by atoms with E-state index in [1.165, 1.54) is 44.8 Å². The third-order valence-corrected chi connectivity index (χ3v) is 5.63. The van der Waals surface area contributed by atoms with Crippen LogP contribution in [0, 0.1) is 6.92 Å². The summed E-state index contributed by atoms with van der Waals surface area (Å²) in [6.07, 6.45) is 0. The van der Waals surface area contributed by atoms with Gasteiger partial charge >= 0.3 is 0 Å². The standard InChI is InChI=1S/C23H25N3O6S/c1-13-20(14-6-8-16(29-2)9-7-14)26-23(33-13)25-19(27)12-24-22(28)15-10-17(30-3)21(32-5)18(11-15)31-4/h6-11H,12H2,1-5H3,(H,24,28)(H,25,26,27). The van der Waals surface area contributed by atoms with Gasteiger partial charge in [-0.3, -0.25) is 9.59 Å². The van der Waals surface area contributed by atoms with Crippen LogP contribution in [0.3, 0.4) is 0 Å². The summed E-state index contributed by atoms with van der Waals surface area (Å²) < 4.78 is 21.0. The highest BCUT2D eigenvalue weighted by atomic mass is 32.1. The molecule has 1 heterocycles. The zero-order valence-corrected chi connectivity index (χ0v) is 19.8. The van der Waals surface area contributed by atoms with E-state index < -0.39 is 11.8 Å². The molecule has 2 N–H and O–H groups in total. The van der Waals surface area contributed by atoms with Gasteiger partial charge < -0.3 is 29.6 Å². The van der Waals surface area contributed by atoms with Crippen molar-refractivity contribution in [1.82, 2.24) is 10.3 Å². The minimum Gasteiger partial charge on any atom is -0.497 e. The topological polar surface area (TPSA) is 108 Å². The Bertz CT molecular complexity index is 1120. The third-order valence-electron chi connectivity index (χ3n) is 4.74. The number of hydrogen-bond donors (Lipinski definition) is 2. The molecule has 3 aromatic rings. The Morgan fingerprint density at radius 1 is 0.939 bits per heavy atom. The summed E-state index contributed by atoms with van der Waals surface area (Å²) in [7, 11) is 6.01. The summed E-state index contributed by atoms with van der Waals surface area (Å²) in [4.78, 5) is 30.4. The number of carbonyl (C=O) groups excluding carboxylic acids is 2. The molecule has 3 rings (SSSR count). The Balaban J connectivity index is 1.64. The lowest BCUT2D eigenvalue weighted by Gasteiger charge is -2.14. The highest BCUT2D eigenvalue weighted by Crippen LogP contribution is 2.38. The van der Waals surface area contributed by atoms with Crippen LogP contribution in [0.2, 0.25) is 0 Å². The molecule has 2 amide bonds. The molecule has 0 fully saturated rings. The third kappa shape index (κ3) is 5.53. The van der Waals surface area contributed by atoms with Gasteiger partial charge in [0.25, 0.3) is 5.91 Å². The molecule has 10 heteroatoms. The molecule has 174 valence electrons. The molecule has 0 bridgehead atoms. The monoisotopic (exact) mass is 471 g/mol. The van der Waals surface area contributed by atoms with E-state index in [1.54, 1.807) is 7.11 Å². The second-order valence-corrected chi connectivity index (χ2v) is 8.00. The lowest BCUT2D eigenvalue weighted by molar-refractivity contribution is -0.115. The number of benzene rings is 2. The van der Waals surface area contributed by atoms with Crippen molar-refractivity contribution in [1.29, 1.82) is 0 Å². The van der Waals surface area contributed by atoms with E-state index in [0.29, 0.717) is 22.4 Å². The van der Waals surface area contributed by atoms with Gasteiger partial charge in [0.2, 0.25) is 11.7 Å². The number of hydrogen-bond acceptors (Lipinski definition) is 8. The zero-order chi connectivity index (χ0) is 24.0. The summed E-state index contributed by atoms with van der Waals surface area (Å²) in [5.41, 5.74) is 1.96. The maximum Gasteiger partial charge on any atom is 0.251 e. The van der Waals surface area contributed by atoms with Gasteiger partial charge in [-0.1, -0.05) is 0 Å². The summed E-state index contributed by atoms with van der Waals surface area (Å²) in [5.74, 6) is 0.958. The molecule has 0 saturated carbocycles. The first-order valence-electron chi connectivity index (χ1n) is 9.90. The number of amides is 2. The van der Waals surface area contributed by atoms with Crippen LogP contribution in [-0.4, -0.2) is 51.8 Å². The first kappa shape index (κ1) is 23.9. The molecule has 0 radical (unpaired) electrons. The molecular formula is C23H25N3O6S. The van der Waals surface area contributed by atoms with Crippen molar-refractivity contribution in [2.45, 2.75) is 6.92 Å². The molecule has 0 atom stereocenters. The number of thiazole rings is 1. The number of anilines is 1. The number of carbonyl (C=O) groups is 2. The number of aryl methyl sites for hydroxylation is 1. The maximum absolute atomic E-state index is 12.6. The highest BCUT2D eigenvalue weighted by Gasteiger charge is 2.18. The number of aromatic nitrogens is 1. The SMILES string of the molecule is COc1ccc(-c2nc(NC(=O)CNC(=O)c3cc(OC)c(OC)c(OC)c3)sc2C)cc1. The number of nitrogens with zero attached hydrogens (tertiary/aromatic N) is 1. The number of methoxy groups -OCH3 is 4. The van der Waals surface area contributed by atoms with E-state index in [2.05, 4.69) is 15.6 Å². The average Bonchev–Trinajstić information content (AvgIpc) is 3.20. The van der Waals surface area contributed by atoms with E-state index in [9.17, 15) is 9.59 Å². The Hall–Kier alpha value is -3.79. The van der Waals surface area contributed by atoms with E-state index in [1.807, 2.05) is 31.2 Å². The average molecular weight is 472 g/mol. The van der Waals surface area contributed by atoms with E-state index >= 15 is 0 Å². The Morgan fingerprint density at radius 3 is 2.12 bits per heavy atom. The molecule has 0 unspecified atom stereocenters. The van der Waals surface area contributed by atoms with Gasteiger partial charge in [0.1, 0.15) is 5.75 Å². The van der Waals surface area contributed by atoms with Gasteiger partial charge in [-0.25, -0.2) is 4.98 Å². The zero-order valence-electron chi connectivity index (χ0n) is 19.0. The summed E-state index contributed by atoms with van der Waals surface area (Å²) in [6.45, 7) is 1.70. The van der Waals surface area contributed by atoms with Gasteiger partial charge in [-0.2, -0.15) is 0 Å². The fourth-order valence-electron chi connectivity index (χ4n) is 3.10. The molecule has 0 saturated heterocycles. The summed E-state index contributed by atoms with van der Waals surface area (Å²) in [5, 5.41) is 5.76. The van der Waals surface area contributed by atoms with Crippen LogP contribution >= 0.6 is 11.3 Å². The van der Waals surface area contributed by atoms with Crippen LogP contribution in [0.15, 0.2) is 36.4 Å². The Morgan fingerprint density at radius 2 is 1.58 bits per heavy atom. The normalized spacial score (nSPS) is 10.3. The van der Waals surface area contributed by atoms with Crippen molar-refractivity contribution < 1.29 is 28.5 Å². The number of nitrogens with one attached hydrogen (secondary N) is 2. The molecule has 9 nitrogen and oxygen atoms in total. The molecule has 0 aliphatic carbocycles. The second-order valence-electron chi connectivity index (χ2n) is 6.80. The number of ether oxygens (including phenoxy) is 4. The minimum atomic E-state index is -0.460. The van der Waals surface area contributed by atoms with Crippen molar-refractivity contribution in [3.05, 3.63) is 46.8 Å². The van der Waals surface area contributed by atoms with Crippen molar-refractivity contribution in [3.8, 4) is 34.3 Å². The van der Waals surface area contributed by atoms with Crippen molar-refractivity contribution in [3.63, 3.8) is 0 Å². The predicted octanol–water partition coefficient (Wildman–Crippen LogP) is 3.52. The van der Waals surface area contributed by atoms with Gasteiger partial charge in [0.15, 0.2) is 16.6 Å². The fraction of sp³-hybridized carbons (Fsp3) is 0.261. The lowest BCUT2D eigenvalue weighted by Crippen LogP contribution is -2.32. The van der Waals surface area contributed by atoms with E-state index in [4.69, 9.17) is 18.9 Å². The van der Waals surface area contributed by atoms with Gasteiger partial charge in [0, 0.05) is 16.0 Å². The smallest absolute Gasteiger partial charge is 0.251 e. The van der Waals surface area contributed by atoms with Crippen LogP contribution in [-0.2, 0) is 4.79 Å². The lowest BCUT2D eigenvalue weighted by atomic mass is 10.1. The number of rotatable bonds is 9.